The summed E-state index contributed by atoms with van der Waals surface area (Å²) >= 11 is 3.63. The van der Waals surface area contributed by atoms with Crippen LogP contribution in [0.25, 0.3) is 0 Å². The molecule has 6 aromatic rings. The van der Waals surface area contributed by atoms with Gasteiger partial charge in [0, 0.05) is 35.5 Å². The number of imidazole rings is 1. The molecule has 228 valence electrons. The van der Waals surface area contributed by atoms with Crippen molar-refractivity contribution in [1.29, 1.82) is 0 Å². The average molecular weight is 668 g/mol. The van der Waals surface area contributed by atoms with Crippen LogP contribution in [0.4, 0.5) is 5.69 Å². The van der Waals surface area contributed by atoms with Crippen molar-refractivity contribution in [2.24, 2.45) is 0 Å². The van der Waals surface area contributed by atoms with Gasteiger partial charge in [0.15, 0.2) is 0 Å². The van der Waals surface area contributed by atoms with Crippen LogP contribution in [-0.4, -0.2) is 28.0 Å². The minimum atomic E-state index is -0.676. The lowest BCUT2D eigenvalue weighted by molar-refractivity contribution is -0.118. The van der Waals surface area contributed by atoms with Crippen LogP contribution >= 0.6 is 15.9 Å². The maximum absolute atomic E-state index is 14.3. The smallest absolute Gasteiger partial charge is 0.233 e. The van der Waals surface area contributed by atoms with E-state index in [-0.39, 0.29) is 18.4 Å². The molecule has 1 atom stereocenters. The van der Waals surface area contributed by atoms with Crippen molar-refractivity contribution < 1.29 is 4.79 Å². The highest BCUT2D eigenvalue weighted by Gasteiger charge is 2.38. The van der Waals surface area contributed by atoms with E-state index in [2.05, 4.69) is 129 Å². The first-order valence-corrected chi connectivity index (χ1v) is 16.5. The van der Waals surface area contributed by atoms with Gasteiger partial charge in [0.05, 0.1) is 18.4 Å². The molecule has 46 heavy (non-hydrogen) atoms. The number of hydrogen-bond acceptors (Lipinski definition) is 3. The summed E-state index contributed by atoms with van der Waals surface area (Å²) in [5, 5.41) is 3.71. The lowest BCUT2D eigenvalue weighted by atomic mass is 9.77. The Balaban J connectivity index is 1.25. The zero-order valence-electron chi connectivity index (χ0n) is 25.5. The molecule has 1 aromatic heterocycles. The van der Waals surface area contributed by atoms with E-state index in [9.17, 15) is 4.79 Å². The van der Waals surface area contributed by atoms with Gasteiger partial charge < -0.3 is 14.8 Å². The monoisotopic (exact) mass is 666 g/mol. The van der Waals surface area contributed by atoms with Gasteiger partial charge in [-0.2, -0.15) is 0 Å². The van der Waals surface area contributed by atoms with Crippen LogP contribution in [0.2, 0.25) is 0 Å². The first-order chi connectivity index (χ1) is 22.6. The molecule has 0 radical (unpaired) electrons. The van der Waals surface area contributed by atoms with Crippen LogP contribution in [0.1, 0.15) is 33.5 Å². The minimum Gasteiger partial charge on any atom is -0.319 e. The summed E-state index contributed by atoms with van der Waals surface area (Å²) in [5.74, 6) is 0.0281. The molecule has 0 unspecified atom stereocenters. The SMILES string of the molecule is O=C(Cc1cn(C(c2ccccc2)(c2ccccc2)c2ccccc2)cn1)N1C[C@@H](Cc2ccccc2)NCc2cc(Br)ccc21. The number of benzene rings is 5. The fraction of sp³-hybridized carbons (Fsp3) is 0.150. The number of halogens is 1. The molecule has 5 aromatic carbocycles. The van der Waals surface area contributed by atoms with E-state index in [0.717, 1.165) is 44.5 Å². The van der Waals surface area contributed by atoms with Crippen LogP contribution in [-0.2, 0) is 29.7 Å². The molecule has 7 rings (SSSR count). The van der Waals surface area contributed by atoms with E-state index < -0.39 is 5.54 Å². The third-order valence-electron chi connectivity index (χ3n) is 8.87. The Bertz CT molecular complexity index is 1810. The Morgan fingerprint density at radius 1 is 0.783 bits per heavy atom. The minimum absolute atomic E-state index is 0.0281. The van der Waals surface area contributed by atoms with Gasteiger partial charge in [-0.05, 0) is 52.4 Å². The standard InChI is InChI=1S/C40H35BrN4O/c41-35-21-22-38-31(24-35)26-42-36(23-30-13-5-1-6-14-30)28-45(38)39(46)25-37-27-44(29-43-37)40(32-15-7-2-8-16-32,33-17-9-3-10-18-33)34-19-11-4-12-20-34/h1-22,24,27,29,36,42H,23,25-26,28H2/t36-/m1/s1. The predicted molar refractivity (Wildman–Crippen MR) is 188 cm³/mol. The number of rotatable bonds is 8. The first kappa shape index (κ1) is 29.9. The molecule has 0 bridgehead atoms. The van der Waals surface area contributed by atoms with Crippen molar-refractivity contribution in [1.82, 2.24) is 14.9 Å². The zero-order valence-corrected chi connectivity index (χ0v) is 27.1. The van der Waals surface area contributed by atoms with Crippen LogP contribution < -0.4 is 10.2 Å². The number of aromatic nitrogens is 2. The van der Waals surface area contributed by atoms with Gasteiger partial charge in [-0.25, -0.2) is 4.98 Å². The second-order valence-electron chi connectivity index (χ2n) is 11.8. The Hall–Kier alpha value is -4.78. The van der Waals surface area contributed by atoms with E-state index in [1.54, 1.807) is 0 Å². The van der Waals surface area contributed by atoms with Crippen LogP contribution in [0, 0.1) is 0 Å². The Kier molecular flexibility index (Phi) is 8.64. The normalized spacial score (nSPS) is 14.8. The fourth-order valence-corrected chi connectivity index (χ4v) is 7.15. The Morgan fingerprint density at radius 3 is 1.93 bits per heavy atom. The number of nitrogens with one attached hydrogen (secondary N) is 1. The summed E-state index contributed by atoms with van der Waals surface area (Å²) in [6.45, 7) is 1.27. The van der Waals surface area contributed by atoms with Gasteiger partial charge >= 0.3 is 0 Å². The topological polar surface area (TPSA) is 50.2 Å². The van der Waals surface area contributed by atoms with E-state index in [4.69, 9.17) is 4.98 Å². The van der Waals surface area contributed by atoms with Gasteiger partial charge in [-0.1, -0.05) is 137 Å². The fourth-order valence-electron chi connectivity index (χ4n) is 6.74. The molecule has 0 aliphatic carbocycles. The molecule has 2 heterocycles. The molecular weight excluding hydrogens is 632 g/mol. The van der Waals surface area contributed by atoms with E-state index in [1.165, 1.54) is 5.56 Å². The highest BCUT2D eigenvalue weighted by Crippen LogP contribution is 2.41. The molecular formula is C40H35BrN4O. The Morgan fingerprint density at radius 2 is 1.35 bits per heavy atom. The molecule has 5 nitrogen and oxygen atoms in total. The van der Waals surface area contributed by atoms with Crippen LogP contribution in [0.15, 0.2) is 157 Å². The van der Waals surface area contributed by atoms with Gasteiger partial charge in [0.1, 0.15) is 5.54 Å². The molecule has 0 spiro atoms. The third-order valence-corrected chi connectivity index (χ3v) is 9.37. The summed E-state index contributed by atoms with van der Waals surface area (Å²) in [6.07, 6.45) is 4.95. The number of carbonyl (C=O) groups is 1. The van der Waals surface area contributed by atoms with Gasteiger partial charge in [-0.15, -0.1) is 0 Å². The van der Waals surface area contributed by atoms with Crippen LogP contribution in [0.5, 0.6) is 0 Å². The van der Waals surface area contributed by atoms with Crippen molar-refractivity contribution in [2.75, 3.05) is 11.4 Å². The number of nitrogens with zero attached hydrogens (tertiary/aromatic N) is 3. The summed E-state index contributed by atoms with van der Waals surface area (Å²) < 4.78 is 3.17. The zero-order chi connectivity index (χ0) is 31.3. The number of amides is 1. The number of carbonyl (C=O) groups excluding carboxylic acids is 1. The maximum Gasteiger partial charge on any atom is 0.233 e. The van der Waals surface area contributed by atoms with Gasteiger partial charge in [-0.3, -0.25) is 4.79 Å². The van der Waals surface area contributed by atoms with Crippen molar-refractivity contribution in [3.8, 4) is 0 Å². The second-order valence-corrected chi connectivity index (χ2v) is 12.7. The highest BCUT2D eigenvalue weighted by molar-refractivity contribution is 9.10. The highest BCUT2D eigenvalue weighted by atomic mass is 79.9. The first-order valence-electron chi connectivity index (χ1n) is 15.7. The summed E-state index contributed by atoms with van der Waals surface area (Å²) in [7, 11) is 0. The molecule has 0 saturated heterocycles. The largest absolute Gasteiger partial charge is 0.319 e. The number of anilines is 1. The molecule has 6 heteroatoms. The van der Waals surface area contributed by atoms with Crippen molar-refractivity contribution in [2.45, 2.75) is 31.0 Å². The van der Waals surface area contributed by atoms with Gasteiger partial charge in [0.2, 0.25) is 5.91 Å². The van der Waals surface area contributed by atoms with E-state index in [1.807, 2.05) is 53.8 Å². The maximum atomic E-state index is 14.3. The van der Waals surface area contributed by atoms with E-state index >= 15 is 0 Å². The lowest BCUT2D eigenvalue weighted by Crippen LogP contribution is -2.43. The molecule has 1 aliphatic heterocycles. The van der Waals surface area contributed by atoms with Crippen LogP contribution in [0.3, 0.4) is 0 Å². The van der Waals surface area contributed by atoms with E-state index in [0.29, 0.717) is 13.1 Å². The third kappa shape index (κ3) is 5.94. The molecule has 0 saturated carbocycles. The summed E-state index contributed by atoms with van der Waals surface area (Å²) in [6, 6.07) is 48.3. The predicted octanol–water partition coefficient (Wildman–Crippen LogP) is 7.78. The number of hydrogen-bond donors (Lipinski definition) is 1. The molecule has 0 fully saturated rings. The molecule has 1 N–H and O–H groups in total. The molecule has 1 aliphatic rings. The van der Waals surface area contributed by atoms with Crippen molar-refractivity contribution in [3.05, 3.63) is 190 Å². The lowest BCUT2D eigenvalue weighted by Gasteiger charge is -2.37. The number of fused-ring (bicyclic) bond motifs is 1. The summed E-state index contributed by atoms with van der Waals surface area (Å²) in [5.41, 5.74) is 6.69. The quantitative estimate of drug-likeness (QED) is 0.169. The summed E-state index contributed by atoms with van der Waals surface area (Å²) in [4.78, 5) is 21.1. The average Bonchev–Trinajstić information content (AvgIpc) is 3.49. The molecule has 1 amide bonds. The Labute approximate surface area is 278 Å². The van der Waals surface area contributed by atoms with Crippen molar-refractivity contribution in [3.63, 3.8) is 0 Å². The van der Waals surface area contributed by atoms with Gasteiger partial charge in [0.25, 0.3) is 0 Å². The second kappa shape index (κ2) is 13.3. The van der Waals surface area contributed by atoms with Crippen molar-refractivity contribution >= 4 is 27.5 Å².